The van der Waals surface area contributed by atoms with E-state index in [1.54, 1.807) is 38.1 Å². The van der Waals surface area contributed by atoms with E-state index in [1.165, 1.54) is 11.0 Å². The first kappa shape index (κ1) is 15.6. The molecule has 116 valence electrons. The van der Waals surface area contributed by atoms with Gasteiger partial charge in [0.2, 0.25) is 0 Å². The van der Waals surface area contributed by atoms with Crippen molar-refractivity contribution in [2.24, 2.45) is 5.41 Å². The van der Waals surface area contributed by atoms with Crippen molar-refractivity contribution in [1.29, 1.82) is 0 Å². The van der Waals surface area contributed by atoms with Crippen LogP contribution in [0.2, 0.25) is 0 Å². The van der Waals surface area contributed by atoms with Crippen LogP contribution in [0.4, 0.5) is 0 Å². The molecule has 22 heavy (non-hydrogen) atoms. The van der Waals surface area contributed by atoms with E-state index in [0.717, 1.165) is 0 Å². The summed E-state index contributed by atoms with van der Waals surface area (Å²) in [6.45, 7) is 3.53. The molecule has 1 heterocycles. The number of rotatable bonds is 6. The van der Waals surface area contributed by atoms with Crippen LogP contribution in [0, 0.1) is 5.41 Å². The van der Waals surface area contributed by atoms with Gasteiger partial charge in [-0.25, -0.2) is 4.68 Å². The Bertz CT molecular complexity index is 667. The molecule has 0 aliphatic heterocycles. The molecular weight excluding hydrogens is 286 g/mol. The molecule has 0 bridgehead atoms. The van der Waals surface area contributed by atoms with Crippen molar-refractivity contribution in [3.05, 3.63) is 36.2 Å². The molecule has 1 aromatic heterocycles. The normalized spacial score (nSPS) is 11.2. The zero-order chi connectivity index (χ0) is 16.2. The van der Waals surface area contributed by atoms with Gasteiger partial charge in [-0.1, -0.05) is 6.07 Å². The van der Waals surface area contributed by atoms with Crippen molar-refractivity contribution in [3.8, 4) is 5.69 Å². The van der Waals surface area contributed by atoms with Crippen LogP contribution in [0.15, 0.2) is 30.6 Å². The van der Waals surface area contributed by atoms with Crippen molar-refractivity contribution < 1.29 is 14.7 Å². The molecule has 1 amide bonds. The number of carbonyl (C=O) groups is 2. The first-order valence-corrected chi connectivity index (χ1v) is 6.75. The highest BCUT2D eigenvalue weighted by Gasteiger charge is 2.26. The quantitative estimate of drug-likeness (QED) is 0.820. The number of carboxylic acid groups (broad SMARTS) is 1. The lowest BCUT2D eigenvalue weighted by molar-refractivity contribution is -0.147. The van der Waals surface area contributed by atoms with E-state index in [0.29, 0.717) is 17.7 Å². The van der Waals surface area contributed by atoms with Gasteiger partial charge in [-0.3, -0.25) is 9.59 Å². The number of aliphatic carboxylic acids is 1. The Morgan fingerprint density at radius 2 is 2.14 bits per heavy atom. The van der Waals surface area contributed by atoms with Crippen LogP contribution in [0.1, 0.15) is 30.6 Å². The average molecular weight is 303 g/mol. The minimum absolute atomic E-state index is 0.267. The molecule has 0 radical (unpaired) electrons. The predicted molar refractivity (Wildman–Crippen MR) is 77.5 cm³/mol. The second-order valence-electron chi connectivity index (χ2n) is 5.50. The van der Waals surface area contributed by atoms with Crippen LogP contribution in [-0.2, 0) is 4.79 Å². The third-order valence-corrected chi connectivity index (χ3v) is 3.34. The SMILES string of the molecule is CC(C)(CCNC(=O)c1cccc(-n2cnnn2)c1)C(=O)O. The molecule has 8 nitrogen and oxygen atoms in total. The first-order valence-electron chi connectivity index (χ1n) is 6.75. The molecule has 1 aromatic carbocycles. The Balaban J connectivity index is 1.99. The minimum atomic E-state index is -0.887. The third-order valence-electron chi connectivity index (χ3n) is 3.34. The number of hydrogen-bond donors (Lipinski definition) is 2. The van der Waals surface area contributed by atoms with Gasteiger partial charge in [0.1, 0.15) is 6.33 Å². The van der Waals surface area contributed by atoms with Crippen molar-refractivity contribution in [2.75, 3.05) is 6.54 Å². The van der Waals surface area contributed by atoms with Gasteiger partial charge in [-0.15, -0.1) is 5.10 Å². The van der Waals surface area contributed by atoms with Gasteiger partial charge < -0.3 is 10.4 Å². The molecule has 0 unspecified atom stereocenters. The Hall–Kier alpha value is -2.77. The predicted octanol–water partition coefficient (Wildman–Crippen LogP) is 0.893. The van der Waals surface area contributed by atoms with Crippen LogP contribution in [0.5, 0.6) is 0 Å². The molecule has 0 fully saturated rings. The maximum atomic E-state index is 12.1. The maximum absolute atomic E-state index is 12.1. The largest absolute Gasteiger partial charge is 0.481 e. The Morgan fingerprint density at radius 1 is 1.36 bits per heavy atom. The van der Waals surface area contributed by atoms with Gasteiger partial charge in [-0.2, -0.15) is 0 Å². The second kappa shape index (κ2) is 6.33. The highest BCUT2D eigenvalue weighted by Crippen LogP contribution is 2.19. The monoisotopic (exact) mass is 303 g/mol. The summed E-state index contributed by atoms with van der Waals surface area (Å²) in [6, 6.07) is 6.84. The van der Waals surface area contributed by atoms with Crippen LogP contribution < -0.4 is 5.32 Å². The summed E-state index contributed by atoms with van der Waals surface area (Å²) in [4.78, 5) is 23.1. The highest BCUT2D eigenvalue weighted by molar-refractivity contribution is 5.94. The standard InChI is InChI=1S/C14H17N5O3/c1-14(2,13(21)22)6-7-15-12(20)10-4-3-5-11(8-10)19-9-16-17-18-19/h3-5,8-9H,6-7H2,1-2H3,(H,15,20)(H,21,22). The fraction of sp³-hybridized carbons (Fsp3) is 0.357. The van der Waals surface area contributed by atoms with Gasteiger partial charge >= 0.3 is 5.97 Å². The van der Waals surface area contributed by atoms with Gasteiger partial charge in [-0.05, 0) is 48.9 Å². The molecule has 0 aliphatic rings. The van der Waals surface area contributed by atoms with Gasteiger partial charge in [0.05, 0.1) is 11.1 Å². The van der Waals surface area contributed by atoms with Gasteiger partial charge in [0.15, 0.2) is 0 Å². The van der Waals surface area contributed by atoms with E-state index in [2.05, 4.69) is 20.8 Å². The molecular formula is C14H17N5O3. The fourth-order valence-electron chi connectivity index (χ4n) is 1.77. The molecule has 0 aliphatic carbocycles. The lowest BCUT2D eigenvalue weighted by atomic mass is 9.90. The van der Waals surface area contributed by atoms with Crippen LogP contribution in [0.3, 0.4) is 0 Å². The Kier molecular flexibility index (Phi) is 4.50. The van der Waals surface area contributed by atoms with Crippen molar-refractivity contribution >= 4 is 11.9 Å². The summed E-state index contributed by atoms with van der Waals surface area (Å²) in [5, 5.41) is 22.6. The number of aromatic nitrogens is 4. The molecule has 2 N–H and O–H groups in total. The van der Waals surface area contributed by atoms with E-state index in [9.17, 15) is 9.59 Å². The maximum Gasteiger partial charge on any atom is 0.309 e. The molecule has 0 atom stereocenters. The molecule has 0 saturated heterocycles. The molecule has 2 aromatic rings. The van der Waals surface area contributed by atoms with Crippen molar-refractivity contribution in [1.82, 2.24) is 25.5 Å². The summed E-state index contributed by atoms with van der Waals surface area (Å²) in [7, 11) is 0. The number of carboxylic acids is 1. The van der Waals surface area contributed by atoms with E-state index >= 15 is 0 Å². The number of carbonyl (C=O) groups excluding carboxylic acids is 1. The first-order chi connectivity index (χ1) is 10.4. The Morgan fingerprint density at radius 3 is 2.77 bits per heavy atom. The molecule has 8 heteroatoms. The summed E-state index contributed by atoms with van der Waals surface area (Å²) in [5.41, 5.74) is 0.256. The number of amides is 1. The highest BCUT2D eigenvalue weighted by atomic mass is 16.4. The van der Waals surface area contributed by atoms with Crippen molar-refractivity contribution in [2.45, 2.75) is 20.3 Å². The number of benzene rings is 1. The number of nitrogens with zero attached hydrogens (tertiary/aromatic N) is 4. The molecule has 0 saturated carbocycles. The minimum Gasteiger partial charge on any atom is -0.481 e. The van der Waals surface area contributed by atoms with E-state index in [-0.39, 0.29) is 12.5 Å². The van der Waals surface area contributed by atoms with Crippen LogP contribution in [0.25, 0.3) is 5.69 Å². The number of nitrogens with one attached hydrogen (secondary N) is 1. The third kappa shape index (κ3) is 3.66. The topological polar surface area (TPSA) is 110 Å². The molecule has 2 rings (SSSR count). The second-order valence-corrected chi connectivity index (χ2v) is 5.50. The summed E-state index contributed by atoms with van der Waals surface area (Å²) >= 11 is 0. The number of tetrazole rings is 1. The zero-order valence-electron chi connectivity index (χ0n) is 12.4. The lowest BCUT2D eigenvalue weighted by Gasteiger charge is -2.18. The van der Waals surface area contributed by atoms with Crippen molar-refractivity contribution in [3.63, 3.8) is 0 Å². The average Bonchev–Trinajstić information content (AvgIpc) is 3.01. The zero-order valence-corrected chi connectivity index (χ0v) is 12.4. The smallest absolute Gasteiger partial charge is 0.309 e. The van der Waals surface area contributed by atoms with E-state index in [1.807, 2.05) is 0 Å². The lowest BCUT2D eigenvalue weighted by Crippen LogP contribution is -2.32. The Labute approximate surface area is 127 Å². The molecule has 0 spiro atoms. The van der Waals surface area contributed by atoms with Gasteiger partial charge in [0, 0.05) is 12.1 Å². The summed E-state index contributed by atoms with van der Waals surface area (Å²) in [6.07, 6.45) is 1.78. The van der Waals surface area contributed by atoms with E-state index in [4.69, 9.17) is 5.11 Å². The van der Waals surface area contributed by atoms with Gasteiger partial charge in [0.25, 0.3) is 5.91 Å². The fourth-order valence-corrected chi connectivity index (χ4v) is 1.77. The van der Waals surface area contributed by atoms with Crippen LogP contribution in [-0.4, -0.2) is 43.7 Å². The van der Waals surface area contributed by atoms with E-state index < -0.39 is 11.4 Å². The van der Waals surface area contributed by atoms with Crippen LogP contribution >= 0.6 is 0 Å². The number of hydrogen-bond acceptors (Lipinski definition) is 5. The summed E-state index contributed by atoms with van der Waals surface area (Å²) < 4.78 is 1.45. The summed E-state index contributed by atoms with van der Waals surface area (Å²) in [5.74, 6) is -1.15.